The molecule has 1 aromatic rings. The summed E-state index contributed by atoms with van der Waals surface area (Å²) in [5.74, 6) is 0. The monoisotopic (exact) mass is 227 g/mol. The van der Waals surface area contributed by atoms with Crippen LogP contribution in [-0.2, 0) is 0 Å². The number of hydrogen-bond acceptors (Lipinski definition) is 4. The first-order valence-electron chi connectivity index (χ1n) is 5.02. The molecule has 17 heavy (non-hydrogen) atoms. The minimum atomic E-state index is 1.45. The Balaban J connectivity index is 3.01. The van der Waals surface area contributed by atoms with Crippen LogP contribution in [0.5, 0.6) is 0 Å². The van der Waals surface area contributed by atoms with Crippen molar-refractivity contribution in [2.24, 2.45) is 0 Å². The average molecular weight is 227 g/mol. The Kier molecular flexibility index (Phi) is 7.43. The van der Waals surface area contributed by atoms with Gasteiger partial charge in [-0.05, 0) is 30.3 Å². The van der Waals surface area contributed by atoms with E-state index >= 15 is 0 Å². The van der Waals surface area contributed by atoms with Gasteiger partial charge in [-0.2, -0.15) is 0 Å². The average Bonchev–Trinajstić information content (AvgIpc) is 2.35. The summed E-state index contributed by atoms with van der Waals surface area (Å²) in [6, 6.07) is 10.6. The van der Waals surface area contributed by atoms with Crippen LogP contribution in [0, 0.1) is 0 Å². The lowest BCUT2D eigenvalue weighted by atomic mass is 10.6. The molecule has 0 saturated heterocycles. The summed E-state index contributed by atoms with van der Waals surface area (Å²) in [4.78, 5) is 11.8. The quantitative estimate of drug-likeness (QED) is 0.683. The lowest BCUT2D eigenvalue weighted by Crippen LogP contribution is -1.62. The fraction of sp³-hybridized carbons (Fsp3) is 0. The fourth-order valence-corrected chi connectivity index (χ4v) is 0.793. The highest BCUT2D eigenvalue weighted by atomic mass is 16.3. The van der Waals surface area contributed by atoms with Gasteiger partial charge in [-0.3, -0.25) is 4.98 Å². The molecule has 0 aliphatic rings. The van der Waals surface area contributed by atoms with Gasteiger partial charge in [0.15, 0.2) is 0 Å². The SMILES string of the molecule is c1ccncncccnccccocc1. The summed E-state index contributed by atoms with van der Waals surface area (Å²) >= 11 is 0. The molecule has 1 aromatic heterocycles. The van der Waals surface area contributed by atoms with Crippen molar-refractivity contribution in [2.45, 2.75) is 0 Å². The summed E-state index contributed by atoms with van der Waals surface area (Å²) in [7, 11) is 0. The molecule has 4 heteroatoms. The predicted molar refractivity (Wildman–Crippen MR) is 65.0 cm³/mol. The fourth-order valence-electron chi connectivity index (χ4n) is 0.793. The van der Waals surface area contributed by atoms with Crippen molar-refractivity contribution in [3.05, 3.63) is 80.0 Å². The molecule has 1 rings (SSSR count). The van der Waals surface area contributed by atoms with E-state index in [0.29, 0.717) is 0 Å². The van der Waals surface area contributed by atoms with E-state index < -0.39 is 0 Å². The first-order valence-corrected chi connectivity index (χ1v) is 5.02. The number of rotatable bonds is 0. The van der Waals surface area contributed by atoms with E-state index in [4.69, 9.17) is 4.42 Å². The third-order valence-electron chi connectivity index (χ3n) is 1.47. The molecule has 86 valence electrons. The minimum Gasteiger partial charge on any atom is -0.473 e. The lowest BCUT2D eigenvalue weighted by Gasteiger charge is -1.69. The molecule has 0 fully saturated rings. The van der Waals surface area contributed by atoms with Crippen LogP contribution >= 0.6 is 0 Å². The second-order valence-corrected chi connectivity index (χ2v) is 2.72. The van der Waals surface area contributed by atoms with Crippen LogP contribution in [0.1, 0.15) is 0 Å². The predicted octanol–water partition coefficient (Wildman–Crippen LogP) is 2.84. The summed E-state index contributed by atoms with van der Waals surface area (Å²) in [6.45, 7) is 0. The van der Waals surface area contributed by atoms with Crippen LogP contribution in [0.25, 0.3) is 0 Å². The number of nitrogens with zero attached hydrogens (tertiary/aromatic N) is 3. The number of hydrogen-bond donors (Lipinski definition) is 0. The molecule has 0 saturated carbocycles. The largest absolute Gasteiger partial charge is 0.473 e. The first-order chi connectivity index (χ1) is 8.50. The summed E-state index contributed by atoms with van der Waals surface area (Å²) in [5, 5.41) is 0. The first kappa shape index (κ1) is 12.6. The highest BCUT2D eigenvalue weighted by molar-refractivity contribution is 4.84. The minimum absolute atomic E-state index is 1.45. The summed E-state index contributed by atoms with van der Waals surface area (Å²) in [6.07, 6.45) is 11.1. The Morgan fingerprint density at radius 1 is 0.529 bits per heavy atom. The van der Waals surface area contributed by atoms with Crippen molar-refractivity contribution in [2.75, 3.05) is 0 Å². The molecule has 4 nitrogen and oxygen atoms in total. The Labute approximate surface area is 100 Å². The van der Waals surface area contributed by atoms with E-state index in [1.807, 2.05) is 0 Å². The van der Waals surface area contributed by atoms with Crippen molar-refractivity contribution >= 4 is 0 Å². The van der Waals surface area contributed by atoms with Gasteiger partial charge in [0.25, 0.3) is 0 Å². The van der Waals surface area contributed by atoms with E-state index in [2.05, 4.69) is 15.0 Å². The smallest absolute Gasteiger partial charge is 0.115 e. The van der Waals surface area contributed by atoms with E-state index in [-0.39, 0.29) is 0 Å². The maximum absolute atomic E-state index is 5.06. The maximum atomic E-state index is 5.06. The molecule has 1 heterocycles. The molecule has 0 aliphatic heterocycles. The van der Waals surface area contributed by atoms with Crippen LogP contribution in [0.15, 0.2) is 84.5 Å². The van der Waals surface area contributed by atoms with E-state index in [1.165, 1.54) is 6.33 Å². The Hall–Kier alpha value is -2.49. The zero-order valence-corrected chi connectivity index (χ0v) is 9.26. The van der Waals surface area contributed by atoms with Crippen LogP contribution in [0.3, 0.4) is 0 Å². The highest BCUT2D eigenvalue weighted by Gasteiger charge is 1.59. The highest BCUT2D eigenvalue weighted by Crippen LogP contribution is 1.76. The van der Waals surface area contributed by atoms with Crippen molar-refractivity contribution in [1.82, 2.24) is 15.0 Å². The van der Waals surface area contributed by atoms with Gasteiger partial charge in [-0.25, -0.2) is 9.97 Å². The second kappa shape index (κ2) is 10.0. The Morgan fingerprint density at radius 2 is 1.12 bits per heavy atom. The molecule has 0 spiro atoms. The molecule has 0 aromatic carbocycles. The van der Waals surface area contributed by atoms with Crippen LogP contribution in [0.4, 0.5) is 0 Å². The molecule has 0 radical (unpaired) electrons. The van der Waals surface area contributed by atoms with Gasteiger partial charge >= 0.3 is 0 Å². The Morgan fingerprint density at radius 3 is 2.00 bits per heavy atom. The van der Waals surface area contributed by atoms with Gasteiger partial charge in [-0.15, -0.1) is 0 Å². The van der Waals surface area contributed by atoms with Gasteiger partial charge < -0.3 is 4.42 Å². The number of aromatic nitrogens is 3. The molecule has 0 atom stereocenters. The van der Waals surface area contributed by atoms with E-state index in [0.717, 1.165) is 0 Å². The summed E-state index contributed by atoms with van der Waals surface area (Å²) in [5.41, 5.74) is 0. The lowest BCUT2D eigenvalue weighted by molar-refractivity contribution is 0.554. The third kappa shape index (κ3) is 8.50. The van der Waals surface area contributed by atoms with Crippen molar-refractivity contribution in [1.29, 1.82) is 0 Å². The van der Waals surface area contributed by atoms with E-state index in [1.54, 1.807) is 73.7 Å². The zero-order valence-electron chi connectivity index (χ0n) is 9.26. The van der Waals surface area contributed by atoms with Crippen LogP contribution in [0.2, 0.25) is 0 Å². The third-order valence-corrected chi connectivity index (χ3v) is 1.47. The maximum Gasteiger partial charge on any atom is 0.115 e. The normalized spacial score (nSPS) is 8.00. The molecule has 0 bridgehead atoms. The molecular weight excluding hydrogens is 214 g/mol. The van der Waals surface area contributed by atoms with Crippen molar-refractivity contribution < 1.29 is 4.42 Å². The molecule has 0 N–H and O–H groups in total. The second-order valence-electron chi connectivity index (χ2n) is 2.72. The standard InChI is InChI=1S/C13H13N3O/c1-2-8-15-13-16-10-6-9-14-7-3-5-12-17-11-4-1/h1-13H. The van der Waals surface area contributed by atoms with Crippen molar-refractivity contribution in [3.63, 3.8) is 0 Å². The summed E-state index contributed by atoms with van der Waals surface area (Å²) < 4.78 is 5.06. The van der Waals surface area contributed by atoms with Gasteiger partial charge in [0.05, 0.1) is 12.5 Å². The molecule has 0 amide bonds. The molecule has 0 unspecified atom stereocenters. The Bertz CT molecular complexity index is 288. The van der Waals surface area contributed by atoms with Crippen molar-refractivity contribution in [3.8, 4) is 0 Å². The van der Waals surface area contributed by atoms with E-state index in [9.17, 15) is 0 Å². The topological polar surface area (TPSA) is 51.8 Å². The van der Waals surface area contributed by atoms with Crippen LogP contribution in [-0.4, -0.2) is 15.0 Å². The molecule has 0 aliphatic carbocycles. The zero-order chi connectivity index (χ0) is 12.0. The van der Waals surface area contributed by atoms with Crippen LogP contribution < -0.4 is 0 Å². The molecular formula is C13H13N3O. The van der Waals surface area contributed by atoms with Gasteiger partial charge in [0, 0.05) is 24.8 Å². The van der Waals surface area contributed by atoms with Gasteiger partial charge in [0.2, 0.25) is 0 Å². The van der Waals surface area contributed by atoms with Gasteiger partial charge in [0.1, 0.15) is 6.33 Å². The van der Waals surface area contributed by atoms with Gasteiger partial charge in [-0.1, -0.05) is 6.07 Å².